The number of para-hydroxylation sites is 1. The van der Waals surface area contributed by atoms with E-state index in [1.54, 1.807) is 0 Å². The van der Waals surface area contributed by atoms with Crippen LogP contribution in [0.4, 0.5) is 0 Å². The predicted octanol–water partition coefficient (Wildman–Crippen LogP) is 3.74. The predicted molar refractivity (Wildman–Crippen MR) is 76.1 cm³/mol. The first-order valence-electron chi connectivity index (χ1n) is 5.97. The van der Waals surface area contributed by atoms with Gasteiger partial charge in [-0.3, -0.25) is 4.98 Å². The number of fused-ring (bicyclic) bond motifs is 1. The summed E-state index contributed by atoms with van der Waals surface area (Å²) in [6.45, 7) is 0. The van der Waals surface area contributed by atoms with Crippen molar-refractivity contribution >= 4 is 23.1 Å². The molecule has 0 amide bonds. The van der Waals surface area contributed by atoms with E-state index in [2.05, 4.69) is 59.2 Å². The zero-order valence-electron chi connectivity index (χ0n) is 10.2. The standard InChI is InChI=1S/C16H14N2/c1-18-12-14(15-4-2-3-5-16(15)18)7-6-13-8-10-17-11-9-13/h2-12H,1H3/b7-6+. The molecule has 0 aliphatic carbocycles. The van der Waals surface area contributed by atoms with Crippen molar-refractivity contribution in [2.24, 2.45) is 7.05 Å². The van der Waals surface area contributed by atoms with Crippen molar-refractivity contribution in [3.05, 3.63) is 66.1 Å². The van der Waals surface area contributed by atoms with Gasteiger partial charge in [-0.05, 0) is 29.3 Å². The molecule has 3 rings (SSSR count). The number of nitrogens with zero attached hydrogens (tertiary/aromatic N) is 2. The van der Waals surface area contributed by atoms with Gasteiger partial charge >= 0.3 is 0 Å². The van der Waals surface area contributed by atoms with Crippen molar-refractivity contribution in [1.82, 2.24) is 9.55 Å². The second-order valence-corrected chi connectivity index (χ2v) is 4.33. The molecule has 0 saturated carbocycles. The smallest absolute Gasteiger partial charge is 0.0483 e. The van der Waals surface area contributed by atoms with Crippen LogP contribution >= 0.6 is 0 Å². The van der Waals surface area contributed by atoms with E-state index in [1.165, 1.54) is 16.5 Å². The van der Waals surface area contributed by atoms with Gasteiger partial charge in [-0.1, -0.05) is 30.4 Å². The van der Waals surface area contributed by atoms with Crippen molar-refractivity contribution in [1.29, 1.82) is 0 Å². The Morgan fingerprint density at radius 3 is 2.61 bits per heavy atom. The van der Waals surface area contributed by atoms with Crippen LogP contribution in [0.25, 0.3) is 23.1 Å². The lowest BCUT2D eigenvalue weighted by molar-refractivity contribution is 0.968. The molecule has 0 fully saturated rings. The first-order valence-corrected chi connectivity index (χ1v) is 5.97. The van der Waals surface area contributed by atoms with Crippen LogP contribution in [0.3, 0.4) is 0 Å². The van der Waals surface area contributed by atoms with E-state index in [0.717, 1.165) is 5.56 Å². The highest BCUT2D eigenvalue weighted by Crippen LogP contribution is 2.22. The molecular formula is C16H14N2. The zero-order chi connectivity index (χ0) is 12.4. The van der Waals surface area contributed by atoms with Gasteiger partial charge in [0.05, 0.1) is 0 Å². The molecule has 0 atom stereocenters. The molecular weight excluding hydrogens is 220 g/mol. The fraction of sp³-hybridized carbons (Fsp3) is 0.0625. The highest BCUT2D eigenvalue weighted by Gasteiger charge is 2.02. The molecule has 2 aromatic heterocycles. The maximum absolute atomic E-state index is 4.02. The Hall–Kier alpha value is -2.35. The normalized spacial score (nSPS) is 11.4. The first-order chi connectivity index (χ1) is 8.84. The third-order valence-corrected chi connectivity index (χ3v) is 3.09. The fourth-order valence-corrected chi connectivity index (χ4v) is 2.17. The summed E-state index contributed by atoms with van der Waals surface area (Å²) >= 11 is 0. The summed E-state index contributed by atoms with van der Waals surface area (Å²) in [4.78, 5) is 4.02. The number of hydrogen-bond acceptors (Lipinski definition) is 1. The third kappa shape index (κ3) is 1.93. The Morgan fingerprint density at radius 1 is 1.00 bits per heavy atom. The monoisotopic (exact) mass is 234 g/mol. The molecule has 1 aromatic carbocycles. The Kier molecular flexibility index (Phi) is 2.69. The van der Waals surface area contributed by atoms with Crippen molar-refractivity contribution in [3.8, 4) is 0 Å². The van der Waals surface area contributed by atoms with E-state index in [0.29, 0.717) is 0 Å². The average molecular weight is 234 g/mol. The Bertz CT molecular complexity index is 693. The second-order valence-electron chi connectivity index (χ2n) is 4.33. The van der Waals surface area contributed by atoms with Crippen LogP contribution in [-0.4, -0.2) is 9.55 Å². The van der Waals surface area contributed by atoms with Crippen molar-refractivity contribution in [3.63, 3.8) is 0 Å². The quantitative estimate of drug-likeness (QED) is 0.660. The van der Waals surface area contributed by atoms with Crippen LogP contribution in [0, 0.1) is 0 Å². The lowest BCUT2D eigenvalue weighted by atomic mass is 10.1. The topological polar surface area (TPSA) is 17.8 Å². The van der Waals surface area contributed by atoms with Crippen LogP contribution < -0.4 is 0 Å². The Labute approximate surface area is 106 Å². The van der Waals surface area contributed by atoms with Crippen LogP contribution in [0.5, 0.6) is 0 Å². The van der Waals surface area contributed by atoms with E-state index >= 15 is 0 Å². The van der Waals surface area contributed by atoms with E-state index < -0.39 is 0 Å². The first kappa shape index (κ1) is 10.8. The minimum Gasteiger partial charge on any atom is -0.350 e. The van der Waals surface area contributed by atoms with E-state index in [1.807, 2.05) is 24.5 Å². The maximum atomic E-state index is 4.02. The molecule has 0 aliphatic heterocycles. The van der Waals surface area contributed by atoms with E-state index in [4.69, 9.17) is 0 Å². The summed E-state index contributed by atoms with van der Waals surface area (Å²) in [6.07, 6.45) is 10.0. The number of benzene rings is 1. The molecule has 88 valence electrons. The highest BCUT2D eigenvalue weighted by atomic mass is 14.9. The number of hydrogen-bond donors (Lipinski definition) is 0. The molecule has 2 heterocycles. The third-order valence-electron chi connectivity index (χ3n) is 3.09. The number of aryl methyl sites for hydroxylation is 1. The minimum absolute atomic E-state index is 1.16. The van der Waals surface area contributed by atoms with Gasteiger partial charge in [0.2, 0.25) is 0 Å². The summed E-state index contributed by atoms with van der Waals surface area (Å²) in [6, 6.07) is 12.4. The number of aromatic nitrogens is 2. The molecule has 0 saturated heterocycles. The lowest BCUT2D eigenvalue weighted by Gasteiger charge is -1.93. The molecule has 0 bridgehead atoms. The van der Waals surface area contributed by atoms with Gasteiger partial charge in [0.15, 0.2) is 0 Å². The van der Waals surface area contributed by atoms with Gasteiger partial charge in [0.25, 0.3) is 0 Å². The Morgan fingerprint density at radius 2 is 1.78 bits per heavy atom. The molecule has 3 aromatic rings. The largest absolute Gasteiger partial charge is 0.350 e. The summed E-state index contributed by atoms with van der Waals surface area (Å²) in [5.41, 5.74) is 3.66. The average Bonchev–Trinajstić information content (AvgIpc) is 2.75. The molecule has 0 aliphatic rings. The minimum atomic E-state index is 1.16. The van der Waals surface area contributed by atoms with Gasteiger partial charge in [-0.2, -0.15) is 0 Å². The number of pyridine rings is 1. The maximum Gasteiger partial charge on any atom is 0.0483 e. The molecule has 0 N–H and O–H groups in total. The molecule has 0 unspecified atom stereocenters. The zero-order valence-corrected chi connectivity index (χ0v) is 10.2. The fourth-order valence-electron chi connectivity index (χ4n) is 2.17. The van der Waals surface area contributed by atoms with Crippen LogP contribution in [0.1, 0.15) is 11.1 Å². The van der Waals surface area contributed by atoms with Crippen molar-refractivity contribution in [2.75, 3.05) is 0 Å². The van der Waals surface area contributed by atoms with Crippen molar-refractivity contribution < 1.29 is 0 Å². The van der Waals surface area contributed by atoms with Crippen LogP contribution in [0.2, 0.25) is 0 Å². The van der Waals surface area contributed by atoms with Gasteiger partial charge in [0.1, 0.15) is 0 Å². The summed E-state index contributed by atoms with van der Waals surface area (Å²) in [5, 5.41) is 1.28. The van der Waals surface area contributed by atoms with Gasteiger partial charge in [-0.25, -0.2) is 0 Å². The molecule has 2 heteroatoms. The summed E-state index contributed by atoms with van der Waals surface area (Å²) in [7, 11) is 2.08. The SMILES string of the molecule is Cn1cc(/C=C/c2ccncc2)c2ccccc21. The van der Waals surface area contributed by atoms with Crippen LogP contribution in [-0.2, 0) is 7.05 Å². The summed E-state index contributed by atoms with van der Waals surface area (Å²) in [5.74, 6) is 0. The van der Waals surface area contributed by atoms with E-state index in [9.17, 15) is 0 Å². The van der Waals surface area contributed by atoms with Crippen molar-refractivity contribution in [2.45, 2.75) is 0 Å². The second kappa shape index (κ2) is 4.49. The van der Waals surface area contributed by atoms with E-state index in [-0.39, 0.29) is 0 Å². The van der Waals surface area contributed by atoms with Gasteiger partial charge in [0, 0.05) is 36.5 Å². The van der Waals surface area contributed by atoms with Crippen LogP contribution in [0.15, 0.2) is 55.0 Å². The van der Waals surface area contributed by atoms with Gasteiger partial charge < -0.3 is 4.57 Å². The van der Waals surface area contributed by atoms with Gasteiger partial charge in [-0.15, -0.1) is 0 Å². The molecule has 0 radical (unpaired) electrons. The Balaban J connectivity index is 2.03. The summed E-state index contributed by atoms with van der Waals surface area (Å²) < 4.78 is 2.15. The molecule has 18 heavy (non-hydrogen) atoms. The molecule has 0 spiro atoms. The number of rotatable bonds is 2. The highest BCUT2D eigenvalue weighted by molar-refractivity contribution is 5.91. The lowest BCUT2D eigenvalue weighted by Crippen LogP contribution is -1.81. The molecule has 2 nitrogen and oxygen atoms in total.